The van der Waals surface area contributed by atoms with E-state index < -0.39 is 0 Å². The van der Waals surface area contributed by atoms with Crippen molar-refractivity contribution in [3.8, 4) is 0 Å². The van der Waals surface area contributed by atoms with Crippen molar-refractivity contribution in [1.29, 1.82) is 0 Å². The number of thiophene rings is 1. The highest BCUT2D eigenvalue weighted by molar-refractivity contribution is 8.00. The average molecular weight is 431 g/mol. The lowest BCUT2D eigenvalue weighted by Crippen LogP contribution is -2.11. The van der Waals surface area contributed by atoms with Crippen molar-refractivity contribution in [3.05, 3.63) is 46.6 Å². The van der Waals surface area contributed by atoms with Crippen LogP contribution in [-0.2, 0) is 22.7 Å². The monoisotopic (exact) mass is 430 g/mol. The van der Waals surface area contributed by atoms with E-state index >= 15 is 0 Å². The second-order valence-electron chi connectivity index (χ2n) is 6.47. The van der Waals surface area contributed by atoms with Gasteiger partial charge in [0.2, 0.25) is 0 Å². The van der Waals surface area contributed by atoms with E-state index in [1.54, 1.807) is 17.4 Å². The van der Waals surface area contributed by atoms with E-state index in [1.165, 1.54) is 29.0 Å². The normalized spacial score (nSPS) is 11.4. The van der Waals surface area contributed by atoms with Crippen LogP contribution in [0, 0.1) is 19.7 Å². The maximum atomic E-state index is 14.0. The molecule has 0 saturated carbocycles. The highest BCUT2D eigenvalue weighted by atomic mass is 32.2. The molecular formula is C20H19FN4O2S2. The zero-order valence-corrected chi connectivity index (χ0v) is 17.9. The van der Waals surface area contributed by atoms with Crippen molar-refractivity contribution < 1.29 is 13.9 Å². The van der Waals surface area contributed by atoms with Crippen LogP contribution in [-0.4, -0.2) is 31.2 Å². The van der Waals surface area contributed by atoms with Gasteiger partial charge >= 0.3 is 5.97 Å². The Hall–Kier alpha value is -2.52. The third-order valence-electron chi connectivity index (χ3n) is 4.74. The van der Waals surface area contributed by atoms with Gasteiger partial charge in [-0.3, -0.25) is 4.79 Å². The Morgan fingerprint density at radius 3 is 2.93 bits per heavy atom. The molecule has 150 valence electrons. The molecule has 3 aromatic heterocycles. The lowest BCUT2D eigenvalue weighted by Gasteiger charge is -2.07. The number of thioether (sulfide) groups is 1. The number of rotatable bonds is 6. The molecule has 0 aliphatic rings. The lowest BCUT2D eigenvalue weighted by molar-refractivity contribution is -0.142. The minimum atomic E-state index is -0.382. The van der Waals surface area contributed by atoms with E-state index in [0.717, 1.165) is 20.8 Å². The molecule has 0 radical (unpaired) electrons. The Balaban J connectivity index is 1.45. The summed E-state index contributed by atoms with van der Waals surface area (Å²) >= 11 is 2.95. The Labute approximate surface area is 175 Å². The summed E-state index contributed by atoms with van der Waals surface area (Å²) in [6.07, 6.45) is 1.52. The number of fused-ring (bicyclic) bond motifs is 2. The maximum Gasteiger partial charge on any atom is 0.316 e. The van der Waals surface area contributed by atoms with Crippen molar-refractivity contribution in [2.75, 3.05) is 5.75 Å². The number of para-hydroxylation sites is 1. The van der Waals surface area contributed by atoms with Crippen LogP contribution in [0.1, 0.15) is 23.2 Å². The van der Waals surface area contributed by atoms with E-state index in [1.807, 2.05) is 31.4 Å². The highest BCUT2D eigenvalue weighted by Crippen LogP contribution is 2.34. The van der Waals surface area contributed by atoms with Gasteiger partial charge in [0.15, 0.2) is 5.82 Å². The first kappa shape index (κ1) is 19.8. The van der Waals surface area contributed by atoms with E-state index in [-0.39, 0.29) is 24.1 Å². The molecule has 4 rings (SSSR count). The van der Waals surface area contributed by atoms with Gasteiger partial charge in [-0.25, -0.2) is 19.3 Å². The van der Waals surface area contributed by atoms with Crippen LogP contribution in [0.4, 0.5) is 4.39 Å². The van der Waals surface area contributed by atoms with Gasteiger partial charge in [-0.2, -0.15) is 0 Å². The number of halogens is 1. The number of nitrogens with zero attached hydrogens (tertiary/aromatic N) is 4. The summed E-state index contributed by atoms with van der Waals surface area (Å²) in [5.74, 6) is -0.102. The summed E-state index contributed by atoms with van der Waals surface area (Å²) in [4.78, 5) is 27.4. The summed E-state index contributed by atoms with van der Waals surface area (Å²) < 4.78 is 21.2. The molecule has 0 spiro atoms. The quantitative estimate of drug-likeness (QED) is 0.252. The first-order valence-electron chi connectivity index (χ1n) is 9.12. The minimum absolute atomic E-state index is 0.00285. The van der Waals surface area contributed by atoms with E-state index in [2.05, 4.69) is 15.0 Å². The molecule has 3 heterocycles. The first-order chi connectivity index (χ1) is 14.0. The largest absolute Gasteiger partial charge is 0.457 e. The molecule has 0 unspecified atom stereocenters. The van der Waals surface area contributed by atoms with Crippen molar-refractivity contribution in [3.63, 3.8) is 0 Å². The predicted octanol–water partition coefficient (Wildman–Crippen LogP) is 4.65. The van der Waals surface area contributed by atoms with Crippen LogP contribution in [0.2, 0.25) is 0 Å². The summed E-state index contributed by atoms with van der Waals surface area (Å²) in [5.41, 5.74) is 2.13. The Morgan fingerprint density at radius 1 is 1.31 bits per heavy atom. The van der Waals surface area contributed by atoms with Gasteiger partial charge in [-0.15, -0.1) is 11.3 Å². The molecule has 0 fully saturated rings. The van der Waals surface area contributed by atoms with Gasteiger partial charge in [-0.05, 0) is 38.5 Å². The van der Waals surface area contributed by atoms with Crippen LogP contribution >= 0.6 is 23.1 Å². The number of aryl methyl sites for hydroxylation is 3. The van der Waals surface area contributed by atoms with Crippen molar-refractivity contribution in [2.45, 2.75) is 38.9 Å². The third-order valence-corrected chi connectivity index (χ3v) is 6.82. The Kier molecular flexibility index (Phi) is 5.51. The molecule has 4 aromatic rings. The van der Waals surface area contributed by atoms with Crippen LogP contribution in [0.25, 0.3) is 21.3 Å². The van der Waals surface area contributed by atoms with Gasteiger partial charge < -0.3 is 9.30 Å². The molecule has 0 N–H and O–H groups in total. The molecule has 0 aliphatic heterocycles. The number of hydrogen-bond acceptors (Lipinski definition) is 7. The number of esters is 1. The Bertz CT molecular complexity index is 1220. The van der Waals surface area contributed by atoms with E-state index in [0.29, 0.717) is 23.4 Å². The fourth-order valence-electron chi connectivity index (χ4n) is 3.20. The summed E-state index contributed by atoms with van der Waals surface area (Å²) in [5, 5.41) is 1.77. The zero-order valence-electron chi connectivity index (χ0n) is 16.2. The summed E-state index contributed by atoms with van der Waals surface area (Å²) in [7, 11) is 0. The number of ether oxygens (including phenoxy) is 1. The van der Waals surface area contributed by atoms with Gasteiger partial charge in [0.1, 0.15) is 34.1 Å². The van der Waals surface area contributed by atoms with E-state index in [9.17, 15) is 9.18 Å². The number of carbonyl (C=O) groups is 1. The third kappa shape index (κ3) is 3.72. The molecule has 1 aromatic carbocycles. The van der Waals surface area contributed by atoms with Gasteiger partial charge in [-0.1, -0.05) is 17.8 Å². The molecule has 9 heteroatoms. The van der Waals surface area contributed by atoms with Crippen molar-refractivity contribution in [2.24, 2.45) is 0 Å². The second-order valence-corrected chi connectivity index (χ2v) is 8.64. The topological polar surface area (TPSA) is 69.9 Å². The second kappa shape index (κ2) is 8.08. The number of benzene rings is 1. The molecule has 0 aliphatic carbocycles. The van der Waals surface area contributed by atoms with Crippen LogP contribution in [0.5, 0.6) is 0 Å². The summed E-state index contributed by atoms with van der Waals surface area (Å²) in [6, 6.07) is 4.83. The molecular weight excluding hydrogens is 411 g/mol. The first-order valence-corrected chi connectivity index (χ1v) is 10.9. The maximum absolute atomic E-state index is 14.0. The smallest absolute Gasteiger partial charge is 0.316 e. The molecule has 0 atom stereocenters. The number of aromatic nitrogens is 4. The van der Waals surface area contributed by atoms with E-state index in [4.69, 9.17) is 4.74 Å². The van der Waals surface area contributed by atoms with Gasteiger partial charge in [0.05, 0.1) is 11.3 Å². The number of hydrogen-bond donors (Lipinski definition) is 0. The Morgan fingerprint density at radius 2 is 2.14 bits per heavy atom. The van der Waals surface area contributed by atoms with Crippen LogP contribution in [0.15, 0.2) is 29.6 Å². The SMILES string of the molecule is CCn1c(COC(=O)CSc2ncnc3sc(C)c(C)c23)nc2c(F)cccc21. The molecule has 29 heavy (non-hydrogen) atoms. The zero-order chi connectivity index (χ0) is 20.5. The standard InChI is InChI=1S/C20H19FN4O2S2/c1-4-25-14-7-5-6-13(21)18(14)24-15(25)8-27-16(26)9-28-19-17-11(2)12(3)29-20(17)23-10-22-19/h5-7,10H,4,8-9H2,1-3H3. The van der Waals surface area contributed by atoms with Crippen LogP contribution < -0.4 is 0 Å². The van der Waals surface area contributed by atoms with Gasteiger partial charge in [0, 0.05) is 16.8 Å². The highest BCUT2D eigenvalue weighted by Gasteiger charge is 2.16. The lowest BCUT2D eigenvalue weighted by atomic mass is 10.2. The molecule has 6 nitrogen and oxygen atoms in total. The van der Waals surface area contributed by atoms with Crippen LogP contribution in [0.3, 0.4) is 0 Å². The fraction of sp³-hybridized carbons (Fsp3) is 0.300. The van der Waals surface area contributed by atoms with Crippen molar-refractivity contribution >= 4 is 50.3 Å². The van der Waals surface area contributed by atoms with Gasteiger partial charge in [0.25, 0.3) is 0 Å². The fourth-order valence-corrected chi connectivity index (χ4v) is 5.11. The average Bonchev–Trinajstić information content (AvgIpc) is 3.22. The van der Waals surface area contributed by atoms with Crippen molar-refractivity contribution in [1.82, 2.24) is 19.5 Å². The minimum Gasteiger partial charge on any atom is -0.457 e. The number of imidazole rings is 1. The predicted molar refractivity (Wildman–Crippen MR) is 113 cm³/mol. The summed E-state index contributed by atoms with van der Waals surface area (Å²) in [6.45, 7) is 6.63. The molecule has 0 amide bonds. The molecule has 0 bridgehead atoms. The molecule has 0 saturated heterocycles. The number of carbonyl (C=O) groups excluding carboxylic acids is 1.